The van der Waals surface area contributed by atoms with E-state index in [4.69, 9.17) is 4.74 Å². The van der Waals surface area contributed by atoms with Crippen LogP contribution < -0.4 is 5.32 Å². The summed E-state index contributed by atoms with van der Waals surface area (Å²) >= 11 is 0. The molecular weight excluding hydrogens is 288 g/mol. The highest BCUT2D eigenvalue weighted by Gasteiger charge is 2.41. The molecule has 0 saturated carbocycles. The molecular formula is C19H28N2O2. The first kappa shape index (κ1) is 16.3. The van der Waals surface area contributed by atoms with Crippen molar-refractivity contribution in [3.63, 3.8) is 0 Å². The van der Waals surface area contributed by atoms with Gasteiger partial charge in [0.1, 0.15) is 0 Å². The summed E-state index contributed by atoms with van der Waals surface area (Å²) in [6, 6.07) is 6.52. The summed E-state index contributed by atoms with van der Waals surface area (Å²) in [7, 11) is 0. The minimum atomic E-state index is 0.0358. The lowest BCUT2D eigenvalue weighted by atomic mass is 9.80. The second-order valence-electron chi connectivity index (χ2n) is 7.32. The Bertz CT molecular complexity index is 579. The molecule has 2 amide bonds. The SMILES string of the molecule is Cc1ccc(C)c([C@@H](C)NC(=O)N2CCC3(CCOCC3)C2)c1. The number of benzene rings is 1. The van der Waals surface area contributed by atoms with Gasteiger partial charge in [0.25, 0.3) is 0 Å². The van der Waals surface area contributed by atoms with E-state index < -0.39 is 0 Å². The Morgan fingerprint density at radius 2 is 2.00 bits per heavy atom. The van der Waals surface area contributed by atoms with Crippen LogP contribution in [0.2, 0.25) is 0 Å². The number of ether oxygens (including phenoxy) is 1. The summed E-state index contributed by atoms with van der Waals surface area (Å²) < 4.78 is 5.48. The number of aryl methyl sites for hydroxylation is 2. The third-order valence-electron chi connectivity index (χ3n) is 5.52. The van der Waals surface area contributed by atoms with Gasteiger partial charge in [0.05, 0.1) is 6.04 Å². The van der Waals surface area contributed by atoms with Crippen LogP contribution in [0.3, 0.4) is 0 Å². The fourth-order valence-electron chi connectivity index (χ4n) is 3.90. The molecule has 4 nitrogen and oxygen atoms in total. The molecule has 0 aromatic heterocycles. The Labute approximate surface area is 139 Å². The highest BCUT2D eigenvalue weighted by atomic mass is 16.5. The largest absolute Gasteiger partial charge is 0.381 e. The third kappa shape index (κ3) is 3.52. The van der Waals surface area contributed by atoms with E-state index in [1.807, 2.05) is 4.90 Å². The van der Waals surface area contributed by atoms with Crippen LogP contribution in [-0.4, -0.2) is 37.2 Å². The molecule has 0 bridgehead atoms. The van der Waals surface area contributed by atoms with Gasteiger partial charge in [-0.1, -0.05) is 23.8 Å². The van der Waals surface area contributed by atoms with Gasteiger partial charge >= 0.3 is 6.03 Å². The lowest BCUT2D eigenvalue weighted by Gasteiger charge is -2.33. The molecule has 3 rings (SSSR count). The number of urea groups is 1. The maximum atomic E-state index is 12.6. The van der Waals surface area contributed by atoms with Crippen molar-refractivity contribution in [3.8, 4) is 0 Å². The second kappa shape index (κ2) is 6.52. The van der Waals surface area contributed by atoms with Crippen molar-refractivity contribution in [3.05, 3.63) is 34.9 Å². The number of amides is 2. The van der Waals surface area contributed by atoms with Gasteiger partial charge in [-0.05, 0) is 56.6 Å². The van der Waals surface area contributed by atoms with Gasteiger partial charge in [0, 0.05) is 26.3 Å². The zero-order valence-electron chi connectivity index (χ0n) is 14.5. The molecule has 1 N–H and O–H groups in total. The number of nitrogens with zero attached hydrogens (tertiary/aromatic N) is 1. The molecule has 2 saturated heterocycles. The van der Waals surface area contributed by atoms with Gasteiger partial charge < -0.3 is 15.0 Å². The van der Waals surface area contributed by atoms with E-state index in [0.29, 0.717) is 5.41 Å². The molecule has 4 heteroatoms. The topological polar surface area (TPSA) is 41.6 Å². The van der Waals surface area contributed by atoms with Crippen molar-refractivity contribution in [1.29, 1.82) is 0 Å². The number of likely N-dealkylation sites (tertiary alicyclic amines) is 1. The van der Waals surface area contributed by atoms with E-state index in [9.17, 15) is 4.79 Å². The van der Waals surface area contributed by atoms with E-state index in [1.54, 1.807) is 0 Å². The summed E-state index contributed by atoms with van der Waals surface area (Å²) in [5.41, 5.74) is 3.97. The maximum Gasteiger partial charge on any atom is 0.317 e. The standard InChI is InChI=1S/C19H28N2O2/c1-14-4-5-15(2)17(12-14)16(3)20-18(22)21-9-6-19(13-21)7-10-23-11-8-19/h4-5,12,16H,6-11,13H2,1-3H3,(H,20,22)/t16-/m1/s1. The molecule has 0 aliphatic carbocycles. The van der Waals surface area contributed by atoms with Crippen LogP contribution >= 0.6 is 0 Å². The molecule has 1 spiro atoms. The Balaban J connectivity index is 1.62. The van der Waals surface area contributed by atoms with Gasteiger partial charge in [-0.15, -0.1) is 0 Å². The first-order valence-corrected chi connectivity index (χ1v) is 8.69. The fraction of sp³-hybridized carbons (Fsp3) is 0.632. The first-order valence-electron chi connectivity index (χ1n) is 8.69. The lowest BCUT2D eigenvalue weighted by Crippen LogP contribution is -2.42. The number of hydrogen-bond acceptors (Lipinski definition) is 2. The van der Waals surface area contributed by atoms with E-state index in [0.717, 1.165) is 45.6 Å². The minimum Gasteiger partial charge on any atom is -0.381 e. The van der Waals surface area contributed by atoms with Crippen molar-refractivity contribution < 1.29 is 9.53 Å². The zero-order chi connectivity index (χ0) is 16.4. The van der Waals surface area contributed by atoms with E-state index in [-0.39, 0.29) is 12.1 Å². The molecule has 2 fully saturated rings. The number of hydrogen-bond donors (Lipinski definition) is 1. The molecule has 2 heterocycles. The maximum absolute atomic E-state index is 12.6. The molecule has 0 unspecified atom stereocenters. The predicted octanol–water partition coefficient (Wildman–Crippen LogP) is 3.58. The monoisotopic (exact) mass is 316 g/mol. The van der Waals surface area contributed by atoms with Gasteiger partial charge in [-0.2, -0.15) is 0 Å². The first-order chi connectivity index (χ1) is 11.0. The Kier molecular flexibility index (Phi) is 4.62. The predicted molar refractivity (Wildman–Crippen MR) is 91.5 cm³/mol. The summed E-state index contributed by atoms with van der Waals surface area (Å²) in [5.74, 6) is 0. The number of nitrogens with one attached hydrogen (secondary N) is 1. The van der Waals surface area contributed by atoms with Crippen molar-refractivity contribution in [1.82, 2.24) is 10.2 Å². The van der Waals surface area contributed by atoms with Crippen LogP contribution in [0.1, 0.15) is 48.9 Å². The van der Waals surface area contributed by atoms with Crippen molar-refractivity contribution in [2.24, 2.45) is 5.41 Å². The van der Waals surface area contributed by atoms with Gasteiger partial charge in [0.15, 0.2) is 0 Å². The lowest BCUT2D eigenvalue weighted by molar-refractivity contribution is 0.0208. The number of carbonyl (C=O) groups excluding carboxylic acids is 1. The highest BCUT2D eigenvalue weighted by Crippen LogP contribution is 2.39. The van der Waals surface area contributed by atoms with Gasteiger partial charge in [0.2, 0.25) is 0 Å². The number of rotatable bonds is 2. The minimum absolute atomic E-state index is 0.0358. The smallest absolute Gasteiger partial charge is 0.317 e. The van der Waals surface area contributed by atoms with Crippen LogP contribution in [0.5, 0.6) is 0 Å². The van der Waals surface area contributed by atoms with Gasteiger partial charge in [-0.25, -0.2) is 4.79 Å². The molecule has 1 aromatic carbocycles. The van der Waals surface area contributed by atoms with Gasteiger partial charge in [-0.3, -0.25) is 0 Å². The molecule has 0 radical (unpaired) electrons. The summed E-state index contributed by atoms with van der Waals surface area (Å²) in [6.45, 7) is 9.69. The molecule has 2 aliphatic heterocycles. The molecule has 23 heavy (non-hydrogen) atoms. The second-order valence-corrected chi connectivity index (χ2v) is 7.32. The molecule has 2 aliphatic rings. The van der Waals surface area contributed by atoms with Crippen molar-refractivity contribution >= 4 is 6.03 Å². The Morgan fingerprint density at radius 3 is 2.74 bits per heavy atom. The Hall–Kier alpha value is -1.55. The van der Waals surface area contributed by atoms with E-state index >= 15 is 0 Å². The Morgan fingerprint density at radius 1 is 1.26 bits per heavy atom. The van der Waals surface area contributed by atoms with Crippen molar-refractivity contribution in [2.75, 3.05) is 26.3 Å². The van der Waals surface area contributed by atoms with Crippen LogP contribution in [0.25, 0.3) is 0 Å². The normalized spacial score (nSPS) is 21.4. The van der Waals surface area contributed by atoms with Crippen LogP contribution in [-0.2, 0) is 4.74 Å². The third-order valence-corrected chi connectivity index (χ3v) is 5.52. The van der Waals surface area contributed by atoms with Crippen LogP contribution in [0.15, 0.2) is 18.2 Å². The molecule has 1 atom stereocenters. The highest BCUT2D eigenvalue weighted by molar-refractivity contribution is 5.75. The van der Waals surface area contributed by atoms with Crippen LogP contribution in [0.4, 0.5) is 4.79 Å². The number of carbonyl (C=O) groups is 1. The quantitative estimate of drug-likeness (QED) is 0.906. The van der Waals surface area contributed by atoms with E-state index in [1.165, 1.54) is 16.7 Å². The summed E-state index contributed by atoms with van der Waals surface area (Å²) in [5, 5.41) is 3.18. The average Bonchev–Trinajstić information content (AvgIpc) is 2.94. The average molecular weight is 316 g/mol. The molecule has 126 valence electrons. The molecule has 1 aromatic rings. The summed E-state index contributed by atoms with van der Waals surface area (Å²) in [4.78, 5) is 14.6. The zero-order valence-corrected chi connectivity index (χ0v) is 14.5. The van der Waals surface area contributed by atoms with Crippen LogP contribution in [0, 0.1) is 19.3 Å². The fourth-order valence-corrected chi connectivity index (χ4v) is 3.90. The van der Waals surface area contributed by atoms with Crippen molar-refractivity contribution in [2.45, 2.75) is 46.1 Å². The summed E-state index contributed by atoms with van der Waals surface area (Å²) in [6.07, 6.45) is 3.29. The van der Waals surface area contributed by atoms with E-state index in [2.05, 4.69) is 44.3 Å².